The molecule has 0 bridgehead atoms. The average Bonchev–Trinajstić information content (AvgIpc) is 2.91. The van der Waals surface area contributed by atoms with E-state index in [9.17, 15) is 9.18 Å². The van der Waals surface area contributed by atoms with Crippen LogP contribution in [0.1, 0.15) is 28.0 Å². The van der Waals surface area contributed by atoms with Crippen molar-refractivity contribution >= 4 is 11.6 Å². The number of halogens is 1. The number of carbonyl (C=O) groups excluding carboxylic acids is 1. The number of carbonyl (C=O) groups is 1. The van der Waals surface area contributed by atoms with Crippen LogP contribution in [0.15, 0.2) is 42.7 Å². The fourth-order valence-electron chi connectivity index (χ4n) is 2.36. The summed E-state index contributed by atoms with van der Waals surface area (Å²) in [5, 5.41) is 7.16. The van der Waals surface area contributed by atoms with E-state index in [4.69, 9.17) is 0 Å². The Morgan fingerprint density at radius 2 is 2.09 bits per heavy atom. The normalized spacial score (nSPS) is 10.9. The van der Waals surface area contributed by atoms with Gasteiger partial charge in [0.1, 0.15) is 5.82 Å². The van der Waals surface area contributed by atoms with E-state index in [1.54, 1.807) is 4.52 Å². The number of nitrogens with zero attached hydrogens (tertiary/aromatic N) is 3. The van der Waals surface area contributed by atoms with Gasteiger partial charge in [0.05, 0.1) is 5.69 Å². The molecular formula is C17H17FN4O. The van der Waals surface area contributed by atoms with Crippen LogP contribution in [-0.4, -0.2) is 27.0 Å². The van der Waals surface area contributed by atoms with E-state index in [1.807, 2.05) is 25.4 Å². The number of hydrogen-bond donors (Lipinski definition) is 1. The molecular weight excluding hydrogens is 295 g/mol. The molecule has 23 heavy (non-hydrogen) atoms. The summed E-state index contributed by atoms with van der Waals surface area (Å²) in [6.45, 7) is 2.48. The van der Waals surface area contributed by atoms with Crippen LogP contribution < -0.4 is 5.32 Å². The van der Waals surface area contributed by atoms with Crippen molar-refractivity contribution < 1.29 is 9.18 Å². The van der Waals surface area contributed by atoms with E-state index < -0.39 is 0 Å². The highest BCUT2D eigenvalue weighted by Crippen LogP contribution is 2.07. The molecule has 0 atom stereocenters. The lowest BCUT2D eigenvalue weighted by molar-refractivity contribution is 0.0953. The number of aryl methyl sites for hydroxylation is 2. The molecule has 2 heterocycles. The minimum Gasteiger partial charge on any atom is -0.352 e. The zero-order valence-corrected chi connectivity index (χ0v) is 12.8. The average molecular weight is 312 g/mol. The molecule has 1 aromatic carbocycles. The Bertz CT molecular complexity index is 826. The Labute approximate surface area is 133 Å². The van der Waals surface area contributed by atoms with Gasteiger partial charge in [-0.25, -0.2) is 13.9 Å². The Morgan fingerprint density at radius 3 is 2.87 bits per heavy atom. The fraction of sp³-hybridized carbons (Fsp3) is 0.235. The van der Waals surface area contributed by atoms with Gasteiger partial charge in [0.15, 0.2) is 5.65 Å². The van der Waals surface area contributed by atoms with Crippen LogP contribution >= 0.6 is 0 Å². The lowest BCUT2D eigenvalue weighted by atomic mass is 10.2. The van der Waals surface area contributed by atoms with Crippen molar-refractivity contribution in [3.05, 3.63) is 65.4 Å². The summed E-state index contributed by atoms with van der Waals surface area (Å²) in [5.74, 6) is -0.542. The molecule has 3 rings (SSSR count). The molecule has 0 unspecified atom stereocenters. The molecule has 5 nitrogen and oxygen atoms in total. The molecule has 6 heteroatoms. The van der Waals surface area contributed by atoms with E-state index in [1.165, 1.54) is 24.3 Å². The summed E-state index contributed by atoms with van der Waals surface area (Å²) in [7, 11) is 0. The molecule has 3 aromatic rings. The van der Waals surface area contributed by atoms with E-state index in [-0.39, 0.29) is 11.7 Å². The quantitative estimate of drug-likeness (QED) is 0.737. The number of rotatable bonds is 5. The monoisotopic (exact) mass is 312 g/mol. The molecule has 0 radical (unpaired) electrons. The van der Waals surface area contributed by atoms with Gasteiger partial charge in [-0.05, 0) is 49.6 Å². The molecule has 0 aliphatic carbocycles. The highest BCUT2D eigenvalue weighted by atomic mass is 19.1. The first-order valence-corrected chi connectivity index (χ1v) is 7.46. The van der Waals surface area contributed by atoms with Gasteiger partial charge < -0.3 is 5.32 Å². The maximum absolute atomic E-state index is 12.8. The van der Waals surface area contributed by atoms with Crippen molar-refractivity contribution in [2.24, 2.45) is 0 Å². The lowest BCUT2D eigenvalue weighted by Gasteiger charge is -2.05. The maximum Gasteiger partial charge on any atom is 0.251 e. The van der Waals surface area contributed by atoms with Crippen LogP contribution in [0, 0.1) is 12.7 Å². The van der Waals surface area contributed by atoms with Gasteiger partial charge in [0.25, 0.3) is 5.91 Å². The number of aromatic nitrogens is 3. The Morgan fingerprint density at radius 1 is 1.30 bits per heavy atom. The van der Waals surface area contributed by atoms with E-state index in [2.05, 4.69) is 15.4 Å². The van der Waals surface area contributed by atoms with Crippen molar-refractivity contribution in [3.63, 3.8) is 0 Å². The Balaban J connectivity index is 1.50. The molecule has 0 saturated carbocycles. The second kappa shape index (κ2) is 6.56. The molecule has 1 amide bonds. The first-order chi connectivity index (χ1) is 11.1. The summed E-state index contributed by atoms with van der Waals surface area (Å²) >= 11 is 0. The predicted molar refractivity (Wildman–Crippen MR) is 84.8 cm³/mol. The van der Waals surface area contributed by atoms with Crippen LogP contribution in [0.4, 0.5) is 4.39 Å². The largest absolute Gasteiger partial charge is 0.352 e. The Kier molecular flexibility index (Phi) is 4.32. The number of hydrogen-bond acceptors (Lipinski definition) is 3. The van der Waals surface area contributed by atoms with Crippen molar-refractivity contribution in [2.45, 2.75) is 19.8 Å². The van der Waals surface area contributed by atoms with Gasteiger partial charge in [0.2, 0.25) is 0 Å². The minimum atomic E-state index is -0.349. The summed E-state index contributed by atoms with van der Waals surface area (Å²) in [6.07, 6.45) is 5.38. The van der Waals surface area contributed by atoms with Gasteiger partial charge in [-0.1, -0.05) is 0 Å². The molecule has 0 aliphatic rings. The molecule has 2 aromatic heterocycles. The highest BCUT2D eigenvalue weighted by Gasteiger charge is 2.05. The van der Waals surface area contributed by atoms with Gasteiger partial charge in [0, 0.05) is 30.6 Å². The third kappa shape index (κ3) is 3.71. The van der Waals surface area contributed by atoms with E-state index >= 15 is 0 Å². The van der Waals surface area contributed by atoms with Crippen molar-refractivity contribution in [1.82, 2.24) is 19.9 Å². The molecule has 0 spiro atoms. The Hall–Kier alpha value is -2.76. The van der Waals surface area contributed by atoms with Crippen LogP contribution in [0.25, 0.3) is 5.65 Å². The minimum absolute atomic E-state index is 0.193. The van der Waals surface area contributed by atoms with Crippen molar-refractivity contribution in [3.8, 4) is 0 Å². The van der Waals surface area contributed by atoms with Gasteiger partial charge >= 0.3 is 0 Å². The van der Waals surface area contributed by atoms with Crippen LogP contribution in [0.5, 0.6) is 0 Å². The fourth-order valence-corrected chi connectivity index (χ4v) is 2.36. The van der Waals surface area contributed by atoms with Gasteiger partial charge in [-0.15, -0.1) is 0 Å². The smallest absolute Gasteiger partial charge is 0.251 e. The molecule has 118 valence electrons. The highest BCUT2D eigenvalue weighted by molar-refractivity contribution is 5.94. The third-order valence-corrected chi connectivity index (χ3v) is 3.52. The standard InChI is InChI=1S/C17H17FN4O/c1-12-9-16-20-10-13(11-22(16)21-12)3-2-8-19-17(23)14-4-6-15(18)7-5-14/h4-7,9-11H,2-3,8H2,1H3,(H,19,23). The van der Waals surface area contributed by atoms with E-state index in [0.717, 1.165) is 29.7 Å². The second-order valence-corrected chi connectivity index (χ2v) is 5.42. The topological polar surface area (TPSA) is 59.3 Å². The number of nitrogens with one attached hydrogen (secondary N) is 1. The summed E-state index contributed by atoms with van der Waals surface area (Å²) in [4.78, 5) is 16.2. The lowest BCUT2D eigenvalue weighted by Crippen LogP contribution is -2.24. The first kappa shape index (κ1) is 15.1. The molecule has 1 N–H and O–H groups in total. The van der Waals surface area contributed by atoms with Crippen LogP contribution in [0.3, 0.4) is 0 Å². The SMILES string of the molecule is Cc1cc2ncc(CCCNC(=O)c3ccc(F)cc3)cn2n1. The summed E-state index contributed by atoms with van der Waals surface area (Å²) in [6, 6.07) is 7.43. The zero-order valence-electron chi connectivity index (χ0n) is 12.8. The molecule has 0 fully saturated rings. The maximum atomic E-state index is 12.8. The second-order valence-electron chi connectivity index (χ2n) is 5.42. The zero-order chi connectivity index (χ0) is 16.2. The van der Waals surface area contributed by atoms with Gasteiger partial charge in [-0.3, -0.25) is 4.79 Å². The number of benzene rings is 1. The number of fused-ring (bicyclic) bond motifs is 1. The van der Waals surface area contributed by atoms with Crippen LogP contribution in [0.2, 0.25) is 0 Å². The predicted octanol–water partition coefficient (Wildman–Crippen LogP) is 2.54. The van der Waals surface area contributed by atoms with Crippen molar-refractivity contribution in [2.75, 3.05) is 6.54 Å². The summed E-state index contributed by atoms with van der Waals surface area (Å²) in [5.41, 5.74) is 3.29. The van der Waals surface area contributed by atoms with Crippen LogP contribution in [-0.2, 0) is 6.42 Å². The molecule has 0 saturated heterocycles. The van der Waals surface area contributed by atoms with Gasteiger partial charge in [-0.2, -0.15) is 5.10 Å². The first-order valence-electron chi connectivity index (χ1n) is 7.46. The molecule has 0 aliphatic heterocycles. The third-order valence-electron chi connectivity index (χ3n) is 3.52. The van der Waals surface area contributed by atoms with Crippen molar-refractivity contribution in [1.29, 1.82) is 0 Å². The number of amides is 1. The summed E-state index contributed by atoms with van der Waals surface area (Å²) < 4.78 is 14.6. The van der Waals surface area contributed by atoms with E-state index in [0.29, 0.717) is 12.1 Å².